The van der Waals surface area contributed by atoms with Gasteiger partial charge in [0, 0.05) is 35.0 Å². The van der Waals surface area contributed by atoms with Crippen LogP contribution in [0.4, 0.5) is 5.13 Å². The summed E-state index contributed by atoms with van der Waals surface area (Å²) >= 11 is 3.45. The minimum absolute atomic E-state index is 0.0249. The molecule has 1 N–H and O–H groups in total. The number of carbonyl (C=O) groups is 1. The summed E-state index contributed by atoms with van der Waals surface area (Å²) < 4.78 is 5.24. The lowest BCUT2D eigenvalue weighted by Gasteiger charge is -2.33. The molecule has 1 fully saturated rings. The first-order valence-corrected chi connectivity index (χ1v) is 11.9. The first-order valence-electron chi connectivity index (χ1n) is 9.95. The normalized spacial score (nSPS) is 15.5. The Labute approximate surface area is 185 Å². The second-order valence-corrected chi connectivity index (χ2v) is 9.53. The van der Waals surface area contributed by atoms with Gasteiger partial charge < -0.3 is 10.1 Å². The molecule has 156 valence electrons. The van der Waals surface area contributed by atoms with Gasteiger partial charge in [0.1, 0.15) is 11.8 Å². The second-order valence-electron chi connectivity index (χ2n) is 7.10. The molecular formula is C23H25N3O2S2. The van der Waals surface area contributed by atoms with Crippen LogP contribution in [0, 0.1) is 6.92 Å². The number of amides is 1. The predicted molar refractivity (Wildman–Crippen MR) is 126 cm³/mol. The molecule has 0 aliphatic carbocycles. The quantitative estimate of drug-likeness (QED) is 0.595. The fraction of sp³-hybridized carbons (Fsp3) is 0.304. The van der Waals surface area contributed by atoms with Crippen LogP contribution in [0.15, 0.2) is 54.6 Å². The Bertz CT molecular complexity index is 983. The molecule has 30 heavy (non-hydrogen) atoms. The van der Waals surface area contributed by atoms with Crippen LogP contribution in [0.25, 0.3) is 11.3 Å². The minimum Gasteiger partial charge on any atom is -0.497 e. The van der Waals surface area contributed by atoms with E-state index in [1.165, 1.54) is 11.3 Å². The Hall–Kier alpha value is -2.35. The van der Waals surface area contributed by atoms with Gasteiger partial charge in [0.05, 0.1) is 12.8 Å². The van der Waals surface area contributed by atoms with Crippen LogP contribution in [0.1, 0.15) is 16.5 Å². The van der Waals surface area contributed by atoms with Crippen molar-refractivity contribution in [2.24, 2.45) is 0 Å². The molecule has 2 aromatic carbocycles. The van der Waals surface area contributed by atoms with E-state index in [0.29, 0.717) is 5.13 Å². The highest BCUT2D eigenvalue weighted by Gasteiger charge is 2.29. The van der Waals surface area contributed by atoms with E-state index < -0.39 is 0 Å². The summed E-state index contributed by atoms with van der Waals surface area (Å²) in [6.45, 7) is 3.85. The summed E-state index contributed by atoms with van der Waals surface area (Å²) in [4.78, 5) is 21.4. The van der Waals surface area contributed by atoms with E-state index in [4.69, 9.17) is 9.72 Å². The van der Waals surface area contributed by atoms with Gasteiger partial charge in [-0.25, -0.2) is 4.98 Å². The first kappa shape index (κ1) is 20.9. The van der Waals surface area contributed by atoms with Crippen molar-refractivity contribution in [3.05, 3.63) is 65.0 Å². The van der Waals surface area contributed by atoms with Crippen LogP contribution in [-0.4, -0.2) is 47.5 Å². The molecule has 1 atom stereocenters. The van der Waals surface area contributed by atoms with Crippen LogP contribution >= 0.6 is 23.1 Å². The maximum atomic E-state index is 13.3. The fourth-order valence-corrected chi connectivity index (χ4v) is 5.41. The number of nitrogens with one attached hydrogen (secondary N) is 1. The van der Waals surface area contributed by atoms with Crippen molar-refractivity contribution in [3.8, 4) is 17.0 Å². The van der Waals surface area contributed by atoms with Crippen molar-refractivity contribution >= 4 is 34.1 Å². The van der Waals surface area contributed by atoms with Crippen molar-refractivity contribution in [1.29, 1.82) is 0 Å². The number of hydrogen-bond acceptors (Lipinski definition) is 6. The average molecular weight is 440 g/mol. The smallest absolute Gasteiger partial charge is 0.248 e. The van der Waals surface area contributed by atoms with Crippen molar-refractivity contribution in [3.63, 3.8) is 0 Å². The zero-order valence-corrected chi connectivity index (χ0v) is 18.8. The lowest BCUT2D eigenvalue weighted by atomic mass is 10.0. The van der Waals surface area contributed by atoms with E-state index in [9.17, 15) is 4.79 Å². The molecule has 1 aliphatic heterocycles. The molecule has 0 radical (unpaired) electrons. The van der Waals surface area contributed by atoms with Gasteiger partial charge in [-0.15, -0.1) is 11.3 Å². The van der Waals surface area contributed by atoms with Gasteiger partial charge in [0.15, 0.2) is 5.13 Å². The number of anilines is 1. The number of nitrogens with zero attached hydrogens (tertiary/aromatic N) is 2. The number of aryl methyl sites for hydroxylation is 1. The number of hydrogen-bond donors (Lipinski definition) is 1. The van der Waals surface area contributed by atoms with Crippen molar-refractivity contribution in [2.75, 3.05) is 37.0 Å². The first-order chi connectivity index (χ1) is 14.7. The molecular weight excluding hydrogens is 414 g/mol. The summed E-state index contributed by atoms with van der Waals surface area (Å²) in [6, 6.07) is 17.5. The number of methoxy groups -OCH3 is 1. The monoisotopic (exact) mass is 439 g/mol. The van der Waals surface area contributed by atoms with Gasteiger partial charge in [-0.05, 0) is 36.8 Å². The third-order valence-electron chi connectivity index (χ3n) is 5.16. The summed E-state index contributed by atoms with van der Waals surface area (Å²) in [5.74, 6) is 2.89. The fourth-order valence-electron chi connectivity index (χ4n) is 3.64. The van der Waals surface area contributed by atoms with Crippen molar-refractivity contribution < 1.29 is 9.53 Å². The summed E-state index contributed by atoms with van der Waals surface area (Å²) in [5.41, 5.74) is 2.92. The van der Waals surface area contributed by atoms with Crippen LogP contribution in [0.3, 0.4) is 0 Å². The van der Waals surface area contributed by atoms with Gasteiger partial charge in [0.2, 0.25) is 5.91 Å². The number of benzene rings is 2. The van der Waals surface area contributed by atoms with E-state index in [1.54, 1.807) is 7.11 Å². The minimum atomic E-state index is -0.305. The van der Waals surface area contributed by atoms with Gasteiger partial charge in [-0.2, -0.15) is 11.8 Å². The summed E-state index contributed by atoms with van der Waals surface area (Å²) in [6.07, 6.45) is 0. The zero-order valence-electron chi connectivity index (χ0n) is 17.1. The Kier molecular flexibility index (Phi) is 6.72. The maximum Gasteiger partial charge on any atom is 0.248 e. The molecule has 0 bridgehead atoms. The maximum absolute atomic E-state index is 13.3. The third kappa shape index (κ3) is 4.69. The topological polar surface area (TPSA) is 54.5 Å². The number of rotatable bonds is 6. The molecule has 7 heteroatoms. The molecule has 4 rings (SSSR count). The summed E-state index contributed by atoms with van der Waals surface area (Å²) in [7, 11) is 1.65. The number of thiazole rings is 1. The Morgan fingerprint density at radius 3 is 2.47 bits per heavy atom. The lowest BCUT2D eigenvalue weighted by Crippen LogP contribution is -2.41. The molecule has 1 saturated heterocycles. The van der Waals surface area contributed by atoms with Gasteiger partial charge in [-0.3, -0.25) is 9.69 Å². The number of aromatic nitrogens is 1. The highest BCUT2D eigenvalue weighted by molar-refractivity contribution is 7.99. The van der Waals surface area contributed by atoms with Gasteiger partial charge >= 0.3 is 0 Å². The standard InChI is InChI=1S/C23H25N3O2S2/c1-16-20(17-8-10-19(28-2)11-9-17)24-23(30-16)25-22(27)21(18-6-4-3-5-7-18)26-12-14-29-15-13-26/h3-11,21H,12-15H2,1-2H3,(H,24,25,27). The van der Waals surface area contributed by atoms with Crippen molar-refractivity contribution in [1.82, 2.24) is 9.88 Å². The van der Waals surface area contributed by atoms with E-state index in [0.717, 1.165) is 52.0 Å². The molecule has 1 aliphatic rings. The Morgan fingerprint density at radius 1 is 1.10 bits per heavy atom. The number of carbonyl (C=O) groups excluding carboxylic acids is 1. The molecule has 1 unspecified atom stereocenters. The molecule has 5 nitrogen and oxygen atoms in total. The van der Waals surface area contributed by atoms with Gasteiger partial charge in [-0.1, -0.05) is 30.3 Å². The largest absolute Gasteiger partial charge is 0.497 e. The zero-order chi connectivity index (χ0) is 20.9. The molecule has 1 aromatic heterocycles. The van der Waals surface area contributed by atoms with Crippen LogP contribution in [0.5, 0.6) is 5.75 Å². The Balaban J connectivity index is 1.56. The van der Waals surface area contributed by atoms with Crippen LogP contribution < -0.4 is 10.1 Å². The number of thioether (sulfide) groups is 1. The third-order valence-corrected chi connectivity index (χ3v) is 6.99. The SMILES string of the molecule is COc1ccc(-c2nc(NC(=O)C(c3ccccc3)N3CCSCC3)sc2C)cc1. The molecule has 0 spiro atoms. The highest BCUT2D eigenvalue weighted by Crippen LogP contribution is 2.33. The lowest BCUT2D eigenvalue weighted by molar-refractivity contribution is -0.121. The molecule has 3 aromatic rings. The van der Waals surface area contributed by atoms with E-state index in [1.807, 2.05) is 73.3 Å². The molecule has 1 amide bonds. The molecule has 0 saturated carbocycles. The summed E-state index contributed by atoms with van der Waals surface area (Å²) in [5, 5.41) is 3.72. The highest BCUT2D eigenvalue weighted by atomic mass is 32.2. The van der Waals surface area contributed by atoms with Gasteiger partial charge in [0.25, 0.3) is 0 Å². The predicted octanol–water partition coefficient (Wildman–Crippen LogP) is 4.86. The van der Waals surface area contributed by atoms with E-state index in [-0.39, 0.29) is 11.9 Å². The second kappa shape index (κ2) is 9.64. The van der Waals surface area contributed by atoms with Crippen LogP contribution in [-0.2, 0) is 4.79 Å². The van der Waals surface area contributed by atoms with E-state index in [2.05, 4.69) is 10.2 Å². The van der Waals surface area contributed by atoms with Crippen LogP contribution in [0.2, 0.25) is 0 Å². The molecule has 2 heterocycles. The van der Waals surface area contributed by atoms with Crippen molar-refractivity contribution in [2.45, 2.75) is 13.0 Å². The Morgan fingerprint density at radius 2 is 1.80 bits per heavy atom. The average Bonchev–Trinajstić information content (AvgIpc) is 3.15. The number of ether oxygens (including phenoxy) is 1. The van der Waals surface area contributed by atoms with E-state index >= 15 is 0 Å².